The van der Waals surface area contributed by atoms with E-state index >= 15 is 0 Å². The van der Waals surface area contributed by atoms with Crippen LogP contribution in [0.1, 0.15) is 0 Å². The van der Waals surface area contributed by atoms with E-state index < -0.39 is 0 Å². The van der Waals surface area contributed by atoms with Crippen molar-refractivity contribution in [3.8, 4) is 130 Å². The molecule has 0 aliphatic carbocycles. The Morgan fingerprint density at radius 2 is 0.385 bits per heavy atom. The van der Waals surface area contributed by atoms with Crippen molar-refractivity contribution in [2.24, 2.45) is 0 Å². The summed E-state index contributed by atoms with van der Waals surface area (Å²) in [4.78, 5) is 25.6. The Morgan fingerprint density at radius 3 is 0.800 bits per heavy atom. The van der Waals surface area contributed by atoms with Gasteiger partial charge in [0.25, 0.3) is 0 Å². The minimum atomic E-state index is 0.581. The molecule has 0 radical (unpaired) electrons. The van der Waals surface area contributed by atoms with Gasteiger partial charge in [0, 0.05) is 93.2 Å². The Bertz CT molecular complexity index is 9150. The molecule has 7 heterocycles. The third-order valence-corrected chi connectivity index (χ3v) is 26.9. The van der Waals surface area contributed by atoms with Crippen LogP contribution in [0.2, 0.25) is 0 Å². The van der Waals surface area contributed by atoms with E-state index in [4.69, 9.17) is 24.9 Å². The molecule has 0 atom stereocenters. The molecular weight excluding hydrogens is 1640 g/mol. The summed E-state index contributed by atoms with van der Waals surface area (Å²) >= 11 is 0. The van der Waals surface area contributed by atoms with Crippen LogP contribution in [0.5, 0.6) is 0 Å². The third kappa shape index (κ3) is 13.6. The molecule has 0 saturated heterocycles. The molecule has 135 heavy (non-hydrogen) atoms. The van der Waals surface area contributed by atoms with Crippen molar-refractivity contribution in [2.75, 3.05) is 0 Å². The van der Waals surface area contributed by atoms with E-state index in [1.807, 2.05) is 72.8 Å². The van der Waals surface area contributed by atoms with E-state index in [-0.39, 0.29) is 0 Å². The summed E-state index contributed by atoms with van der Waals surface area (Å²) in [7, 11) is 0. The van der Waals surface area contributed by atoms with Gasteiger partial charge in [-0.15, -0.1) is 0 Å². The van der Waals surface area contributed by atoms with Crippen LogP contribution in [0.4, 0.5) is 0 Å². The van der Waals surface area contributed by atoms with Crippen molar-refractivity contribution in [1.82, 2.24) is 47.8 Å². The number of rotatable bonds is 14. The van der Waals surface area contributed by atoms with Gasteiger partial charge >= 0.3 is 0 Å². The first-order valence-corrected chi connectivity index (χ1v) is 45.8. The Labute approximate surface area is 777 Å². The predicted molar refractivity (Wildman–Crippen MR) is 560 cm³/mol. The molecule has 0 fully saturated rings. The smallest absolute Gasteiger partial charge is 0.238 e. The average molecular weight is 1720 g/mol. The Balaban J connectivity index is 0.000000141. The molecule has 7 aromatic heterocycles. The molecular formula is C125H80N10. The van der Waals surface area contributed by atoms with E-state index in [0.29, 0.717) is 23.5 Å². The normalized spacial score (nSPS) is 11.7. The largest absolute Gasteiger partial charge is 0.309 e. The molecule has 20 aromatic carbocycles. The third-order valence-electron chi connectivity index (χ3n) is 26.9. The number of fused-ring (bicyclic) bond motifs is 16. The first-order chi connectivity index (χ1) is 66.9. The second-order valence-corrected chi connectivity index (χ2v) is 34.7. The average Bonchev–Trinajstić information content (AvgIpc) is 1.56. The second-order valence-electron chi connectivity index (χ2n) is 34.7. The van der Waals surface area contributed by atoms with Gasteiger partial charge < -0.3 is 13.7 Å². The van der Waals surface area contributed by atoms with Gasteiger partial charge in [0.2, 0.25) is 11.9 Å². The summed E-state index contributed by atoms with van der Waals surface area (Å²) in [5, 5.41) is 14.5. The molecule has 27 rings (SSSR count). The number of aromatic nitrogens is 10. The fraction of sp³-hybridized carbons (Fsp3) is 0. The zero-order chi connectivity index (χ0) is 89.0. The summed E-state index contributed by atoms with van der Waals surface area (Å²) < 4.78 is 11.6. The summed E-state index contributed by atoms with van der Waals surface area (Å²) in [5.74, 6) is 2.49. The van der Waals surface area contributed by atoms with Crippen LogP contribution in [-0.4, -0.2) is 47.8 Å². The maximum Gasteiger partial charge on any atom is 0.238 e. The fourth-order valence-electron chi connectivity index (χ4n) is 20.4. The van der Waals surface area contributed by atoms with Gasteiger partial charge in [-0.05, 0) is 200 Å². The maximum absolute atomic E-state index is 5.21. The van der Waals surface area contributed by atoms with Gasteiger partial charge in [-0.2, -0.15) is 9.97 Å². The van der Waals surface area contributed by atoms with Crippen molar-refractivity contribution in [2.45, 2.75) is 0 Å². The van der Waals surface area contributed by atoms with Crippen molar-refractivity contribution < 1.29 is 0 Å². The molecule has 0 aliphatic rings. The minimum Gasteiger partial charge on any atom is -0.309 e. The second kappa shape index (κ2) is 32.4. The molecule has 0 N–H and O–H groups in total. The topological polar surface area (TPSA) is 89.1 Å². The first kappa shape index (κ1) is 77.8. The van der Waals surface area contributed by atoms with E-state index in [9.17, 15) is 0 Å². The van der Waals surface area contributed by atoms with Crippen LogP contribution in [-0.2, 0) is 0 Å². The van der Waals surface area contributed by atoms with Crippen LogP contribution < -0.4 is 0 Å². The van der Waals surface area contributed by atoms with Crippen molar-refractivity contribution in [3.63, 3.8) is 0 Å². The van der Waals surface area contributed by atoms with E-state index in [1.54, 1.807) is 0 Å². The van der Waals surface area contributed by atoms with Crippen molar-refractivity contribution in [1.29, 1.82) is 0 Å². The summed E-state index contributed by atoms with van der Waals surface area (Å²) in [5.41, 5.74) is 32.3. The van der Waals surface area contributed by atoms with Gasteiger partial charge in [-0.3, -0.25) is 9.13 Å². The standard InChI is InChI=1S/C63H40N6.C62H40N4/c1-4-16-43(17-5-1)61-64-62(44-18-6-2-7-19-44)66-63(65-61)69-57-27-15-12-24-51(57)52-38-45(33-36-60(52)69)41-28-30-42(31-29-41)46-32-35-58-53(39-46)54-40-48(34-37-59(54)67(58)47-20-8-3-9-21-47)68-55-25-13-10-22-49(55)50-23-11-14-26-56(50)68;1-4-14-43(15-5-1)56-40-57(44-16-6-2-7-17-44)64-62(63-56)66-59-23-13-11-21-53(59)55-38-49(33-35-60(55)66)42-26-24-41(25-27-42)45-28-29-47-37-48(31-30-46(47)36-45)50-32-34-54-52-20-10-12-22-58(52)65(61(54)39-50)51-18-8-3-9-19-51/h1-40H;1-40H. The number of hydrogen-bond donors (Lipinski definition) is 0. The molecule has 0 aliphatic heterocycles. The van der Waals surface area contributed by atoms with Gasteiger partial charge in [0.05, 0.1) is 66.6 Å². The monoisotopic (exact) mass is 1720 g/mol. The van der Waals surface area contributed by atoms with Crippen molar-refractivity contribution in [3.05, 3.63) is 485 Å². The molecule has 0 saturated carbocycles. The molecule has 0 spiro atoms. The molecule has 10 heteroatoms. The Hall–Kier alpha value is -18.3. The molecule has 0 amide bonds. The summed E-state index contributed by atoms with van der Waals surface area (Å²) in [6.45, 7) is 0. The van der Waals surface area contributed by atoms with E-state index in [0.717, 1.165) is 111 Å². The van der Waals surface area contributed by atoms with Crippen LogP contribution in [0.15, 0.2) is 485 Å². The zero-order valence-corrected chi connectivity index (χ0v) is 73.2. The molecule has 27 aromatic rings. The van der Waals surface area contributed by atoms with Crippen molar-refractivity contribution >= 4 is 120 Å². The SMILES string of the molecule is c1ccc(-c2cc(-c3ccccc3)nc(-n3c4ccccc4c4cc(-c5ccc(-c6ccc7cc(-c8ccc9c%10ccccc%10n(-c%10ccccc%10)c9c8)ccc7c6)cc5)ccc43)n2)cc1.c1ccc(-c2nc(-c3ccccc3)nc(-n3c4ccccc4c4cc(-c5ccc(-c6ccc7c(c6)c6cc(-n8c9ccccc9c9ccccc98)ccc6n7-c6ccccc6)cc5)ccc43)n2)cc1. The predicted octanol–water partition coefficient (Wildman–Crippen LogP) is 32.0. The highest BCUT2D eigenvalue weighted by molar-refractivity contribution is 6.16. The fourth-order valence-corrected chi connectivity index (χ4v) is 20.4. The van der Waals surface area contributed by atoms with Gasteiger partial charge in [0.1, 0.15) is 0 Å². The number of nitrogens with zero attached hydrogens (tertiary/aromatic N) is 10. The van der Waals surface area contributed by atoms with Gasteiger partial charge in [-0.1, -0.05) is 352 Å². The number of para-hydroxylation sites is 7. The number of hydrogen-bond acceptors (Lipinski definition) is 5. The molecule has 10 nitrogen and oxygen atoms in total. The van der Waals surface area contributed by atoms with Crippen LogP contribution in [0.25, 0.3) is 250 Å². The van der Waals surface area contributed by atoms with Gasteiger partial charge in [-0.25, -0.2) is 15.0 Å². The van der Waals surface area contributed by atoms with Crippen LogP contribution in [0.3, 0.4) is 0 Å². The zero-order valence-electron chi connectivity index (χ0n) is 73.2. The first-order valence-electron chi connectivity index (χ1n) is 45.8. The van der Waals surface area contributed by atoms with E-state index in [2.05, 4.69) is 435 Å². The number of benzene rings is 20. The molecule has 0 unspecified atom stereocenters. The maximum atomic E-state index is 5.21. The van der Waals surface area contributed by atoms with Crippen LogP contribution >= 0.6 is 0 Å². The summed E-state index contributed by atoms with van der Waals surface area (Å²) in [6, 6.07) is 173. The Kier molecular flexibility index (Phi) is 18.7. The quantitative estimate of drug-likeness (QED) is 0.108. The van der Waals surface area contributed by atoms with Crippen LogP contribution in [0, 0.1) is 0 Å². The highest BCUT2D eigenvalue weighted by Crippen LogP contribution is 2.45. The molecule has 0 bridgehead atoms. The highest BCUT2D eigenvalue weighted by atomic mass is 15.2. The van der Waals surface area contributed by atoms with Gasteiger partial charge in [0.15, 0.2) is 11.6 Å². The van der Waals surface area contributed by atoms with E-state index in [1.165, 1.54) is 115 Å². The molecule has 630 valence electrons. The lowest BCUT2D eigenvalue weighted by Crippen LogP contribution is -2.06. The minimum absolute atomic E-state index is 0.581. The lowest BCUT2D eigenvalue weighted by atomic mass is 9.96. The lowest BCUT2D eigenvalue weighted by molar-refractivity contribution is 0.953. The highest BCUT2D eigenvalue weighted by Gasteiger charge is 2.25. The lowest BCUT2D eigenvalue weighted by Gasteiger charge is -2.12. The Morgan fingerprint density at radius 1 is 0.126 bits per heavy atom. The summed E-state index contributed by atoms with van der Waals surface area (Å²) in [6.07, 6.45) is 0.